The van der Waals surface area contributed by atoms with Crippen molar-refractivity contribution in [2.45, 2.75) is 18.4 Å². The number of halogens is 3. The van der Waals surface area contributed by atoms with Crippen molar-refractivity contribution in [1.82, 2.24) is 15.4 Å². The van der Waals surface area contributed by atoms with E-state index in [1.54, 1.807) is 18.2 Å². The topological polar surface area (TPSA) is 88.1 Å². The molecule has 3 rings (SSSR count). The fourth-order valence-electron chi connectivity index (χ4n) is 2.65. The van der Waals surface area contributed by atoms with Gasteiger partial charge in [-0.1, -0.05) is 42.5 Å². The van der Waals surface area contributed by atoms with Crippen LogP contribution in [-0.2, 0) is 10.3 Å². The van der Waals surface area contributed by atoms with Crippen LogP contribution in [0.4, 0.5) is 13.2 Å². The van der Waals surface area contributed by atoms with Crippen molar-refractivity contribution in [2.75, 3.05) is 0 Å². The highest BCUT2D eigenvalue weighted by Crippen LogP contribution is 2.41. The maximum Gasteiger partial charge on any atom is 0.523 e. The normalized spacial score (nSPS) is 20.4. The molecule has 9 heteroatoms. The Morgan fingerprint density at radius 2 is 1.96 bits per heavy atom. The van der Waals surface area contributed by atoms with Gasteiger partial charge in [0.15, 0.2) is 5.69 Å². The zero-order valence-electron chi connectivity index (χ0n) is 12.6. The van der Waals surface area contributed by atoms with Gasteiger partial charge in [0.25, 0.3) is 0 Å². The van der Waals surface area contributed by atoms with Gasteiger partial charge in [-0.3, -0.25) is 4.74 Å². The van der Waals surface area contributed by atoms with Gasteiger partial charge in [-0.15, -0.1) is 18.3 Å². The summed E-state index contributed by atoms with van der Waals surface area (Å²) in [7, 11) is 0. The SMILES string of the molecule is O=C(O)c1n[nH]nc1C1(OC(F)(F)F)C=CC(c2ccccc2)=CC1. The molecule has 1 aliphatic rings. The molecular formula is C16H12F3N3O3. The molecule has 0 amide bonds. The Morgan fingerprint density at radius 3 is 2.52 bits per heavy atom. The summed E-state index contributed by atoms with van der Waals surface area (Å²) in [5, 5.41) is 18.2. The highest BCUT2D eigenvalue weighted by molar-refractivity contribution is 5.87. The second-order valence-electron chi connectivity index (χ2n) is 5.33. The first-order valence-electron chi connectivity index (χ1n) is 7.17. The smallest absolute Gasteiger partial charge is 0.476 e. The van der Waals surface area contributed by atoms with Gasteiger partial charge in [0.05, 0.1) is 0 Å². The molecule has 25 heavy (non-hydrogen) atoms. The Bertz CT molecular complexity index is 843. The zero-order valence-corrected chi connectivity index (χ0v) is 12.6. The molecule has 0 saturated carbocycles. The molecule has 1 unspecified atom stereocenters. The molecule has 2 aromatic rings. The van der Waals surface area contributed by atoms with Crippen LogP contribution in [0.1, 0.15) is 28.2 Å². The molecule has 0 fully saturated rings. The van der Waals surface area contributed by atoms with E-state index in [1.165, 1.54) is 6.08 Å². The number of nitrogens with zero attached hydrogens (tertiary/aromatic N) is 2. The van der Waals surface area contributed by atoms with Crippen molar-refractivity contribution in [3.8, 4) is 0 Å². The summed E-state index contributed by atoms with van der Waals surface area (Å²) in [5.41, 5.74) is -1.64. The molecule has 1 aliphatic carbocycles. The standard InChI is InChI=1S/C16H12F3N3O3/c17-16(18,19)25-15(13-12(14(23)24)20-22-21-13)8-6-11(7-9-15)10-4-2-1-3-5-10/h1-8H,9H2,(H,23,24)(H,20,21,22). The molecule has 6 nitrogen and oxygen atoms in total. The van der Waals surface area contributed by atoms with Crippen LogP contribution in [0, 0.1) is 0 Å². The van der Waals surface area contributed by atoms with Crippen LogP contribution in [0.5, 0.6) is 0 Å². The van der Waals surface area contributed by atoms with Crippen LogP contribution in [0.3, 0.4) is 0 Å². The first-order chi connectivity index (χ1) is 11.8. The molecular weight excluding hydrogens is 339 g/mol. The Labute approximate surface area is 139 Å². The first-order valence-corrected chi connectivity index (χ1v) is 7.17. The maximum absolute atomic E-state index is 12.9. The van der Waals surface area contributed by atoms with E-state index >= 15 is 0 Å². The minimum atomic E-state index is -4.99. The number of nitrogens with one attached hydrogen (secondary N) is 1. The average Bonchev–Trinajstić information content (AvgIpc) is 3.05. The number of hydrogen-bond donors (Lipinski definition) is 2. The first kappa shape index (κ1) is 16.9. The number of alkyl halides is 3. The summed E-state index contributed by atoms with van der Waals surface area (Å²) >= 11 is 0. The number of aromatic carboxylic acids is 1. The summed E-state index contributed by atoms with van der Waals surface area (Å²) in [6.45, 7) is 0. The Hall–Kier alpha value is -2.94. The Morgan fingerprint density at radius 1 is 1.24 bits per heavy atom. The van der Waals surface area contributed by atoms with E-state index in [2.05, 4.69) is 14.9 Å². The van der Waals surface area contributed by atoms with Crippen LogP contribution in [-0.4, -0.2) is 32.8 Å². The van der Waals surface area contributed by atoms with Crippen LogP contribution >= 0.6 is 0 Å². The summed E-state index contributed by atoms with van der Waals surface area (Å²) in [6.07, 6.45) is -1.09. The number of rotatable bonds is 4. The summed E-state index contributed by atoms with van der Waals surface area (Å²) < 4.78 is 43.1. The summed E-state index contributed by atoms with van der Waals surface area (Å²) in [4.78, 5) is 11.2. The second kappa shape index (κ2) is 6.17. The van der Waals surface area contributed by atoms with E-state index in [9.17, 15) is 18.0 Å². The van der Waals surface area contributed by atoms with E-state index in [0.717, 1.165) is 11.6 Å². The number of aromatic nitrogens is 3. The van der Waals surface area contributed by atoms with Crippen molar-refractivity contribution < 1.29 is 27.8 Å². The number of benzene rings is 1. The van der Waals surface area contributed by atoms with Gasteiger partial charge in [-0.25, -0.2) is 4.79 Å². The van der Waals surface area contributed by atoms with Gasteiger partial charge < -0.3 is 5.11 Å². The molecule has 1 heterocycles. The van der Waals surface area contributed by atoms with Crippen LogP contribution in [0.15, 0.2) is 48.6 Å². The third kappa shape index (κ3) is 3.45. The Balaban J connectivity index is 2.02. The molecule has 1 aromatic heterocycles. The van der Waals surface area contributed by atoms with Crippen molar-refractivity contribution in [3.63, 3.8) is 0 Å². The molecule has 1 aromatic carbocycles. The van der Waals surface area contributed by atoms with Crippen LogP contribution in [0.2, 0.25) is 0 Å². The fourth-order valence-corrected chi connectivity index (χ4v) is 2.65. The third-order valence-corrected chi connectivity index (χ3v) is 3.71. The number of allylic oxidation sites excluding steroid dienone is 2. The maximum atomic E-state index is 12.9. The summed E-state index contributed by atoms with van der Waals surface area (Å²) in [5.74, 6) is -1.50. The van der Waals surface area contributed by atoms with Crippen molar-refractivity contribution in [3.05, 3.63) is 65.5 Å². The molecule has 0 aliphatic heterocycles. The monoisotopic (exact) mass is 351 g/mol. The lowest BCUT2D eigenvalue weighted by Gasteiger charge is -2.31. The van der Waals surface area contributed by atoms with Gasteiger partial charge in [-0.05, 0) is 17.2 Å². The number of carboxylic acids is 1. The minimum Gasteiger partial charge on any atom is -0.476 e. The highest BCUT2D eigenvalue weighted by atomic mass is 19.4. The Kier molecular flexibility index (Phi) is 4.17. The zero-order chi connectivity index (χ0) is 18.1. The predicted molar refractivity (Wildman–Crippen MR) is 80.3 cm³/mol. The molecule has 0 saturated heterocycles. The third-order valence-electron chi connectivity index (χ3n) is 3.71. The molecule has 0 radical (unpaired) electrons. The van der Waals surface area contributed by atoms with E-state index < -0.39 is 29.3 Å². The lowest BCUT2D eigenvalue weighted by Crippen LogP contribution is -2.36. The van der Waals surface area contributed by atoms with E-state index in [-0.39, 0.29) is 6.42 Å². The van der Waals surface area contributed by atoms with E-state index in [1.807, 2.05) is 23.4 Å². The van der Waals surface area contributed by atoms with Crippen molar-refractivity contribution in [2.24, 2.45) is 0 Å². The summed E-state index contributed by atoms with van der Waals surface area (Å²) in [6, 6.07) is 9.05. The highest BCUT2D eigenvalue weighted by Gasteiger charge is 2.47. The molecule has 1 atom stereocenters. The van der Waals surface area contributed by atoms with Crippen LogP contribution < -0.4 is 0 Å². The van der Waals surface area contributed by atoms with Crippen LogP contribution in [0.25, 0.3) is 5.57 Å². The van der Waals surface area contributed by atoms with Gasteiger partial charge in [0, 0.05) is 6.42 Å². The lowest BCUT2D eigenvalue weighted by molar-refractivity contribution is -0.362. The molecule has 130 valence electrons. The van der Waals surface area contributed by atoms with E-state index in [0.29, 0.717) is 5.57 Å². The number of carbonyl (C=O) groups is 1. The minimum absolute atomic E-state index is 0.250. The largest absolute Gasteiger partial charge is 0.523 e. The number of aromatic amines is 1. The number of H-pyrrole nitrogens is 1. The fraction of sp³-hybridized carbons (Fsp3) is 0.188. The number of ether oxygens (including phenoxy) is 1. The molecule has 0 spiro atoms. The quantitative estimate of drug-likeness (QED) is 0.883. The van der Waals surface area contributed by atoms with Gasteiger partial charge in [0.1, 0.15) is 11.3 Å². The molecule has 2 N–H and O–H groups in total. The predicted octanol–water partition coefficient (Wildman–Crippen LogP) is 3.28. The lowest BCUT2D eigenvalue weighted by atomic mass is 9.86. The van der Waals surface area contributed by atoms with E-state index in [4.69, 9.17) is 5.11 Å². The van der Waals surface area contributed by atoms with Crippen molar-refractivity contribution >= 4 is 11.5 Å². The number of hydrogen-bond acceptors (Lipinski definition) is 4. The van der Waals surface area contributed by atoms with Crippen molar-refractivity contribution in [1.29, 1.82) is 0 Å². The number of carboxylic acid groups (broad SMARTS) is 1. The average molecular weight is 351 g/mol. The molecule has 0 bridgehead atoms. The van der Waals surface area contributed by atoms with Gasteiger partial charge in [-0.2, -0.15) is 10.3 Å². The van der Waals surface area contributed by atoms with Gasteiger partial charge in [0.2, 0.25) is 0 Å². The second-order valence-corrected chi connectivity index (χ2v) is 5.33. The van der Waals surface area contributed by atoms with Gasteiger partial charge >= 0.3 is 12.3 Å².